The molecule has 114 valence electrons. The van der Waals surface area contributed by atoms with Crippen LogP contribution in [0.15, 0.2) is 0 Å². The summed E-state index contributed by atoms with van der Waals surface area (Å²) in [5, 5.41) is 11.7. The smallest absolute Gasteiger partial charge is 0.308 e. The van der Waals surface area contributed by atoms with Crippen molar-refractivity contribution < 1.29 is 19.5 Å². The molecular formula is C14H24N2O4. The Morgan fingerprint density at radius 1 is 1.25 bits per heavy atom. The quantitative estimate of drug-likeness (QED) is 0.683. The van der Waals surface area contributed by atoms with Crippen LogP contribution in [0.5, 0.6) is 0 Å². The SMILES string of the molecule is CC(=O)NCCCCCC(=O)N1CCC(C(=O)O)C1C. The van der Waals surface area contributed by atoms with E-state index in [4.69, 9.17) is 5.11 Å². The van der Waals surface area contributed by atoms with Crippen molar-refractivity contribution >= 4 is 17.8 Å². The Labute approximate surface area is 119 Å². The Morgan fingerprint density at radius 3 is 2.50 bits per heavy atom. The third-order valence-electron chi connectivity index (χ3n) is 3.83. The Bertz CT molecular complexity index is 370. The highest BCUT2D eigenvalue weighted by molar-refractivity contribution is 5.79. The molecule has 1 heterocycles. The van der Waals surface area contributed by atoms with Crippen LogP contribution in [0.3, 0.4) is 0 Å². The number of carbonyl (C=O) groups excluding carboxylic acids is 2. The minimum Gasteiger partial charge on any atom is -0.481 e. The number of nitrogens with one attached hydrogen (secondary N) is 1. The van der Waals surface area contributed by atoms with Crippen LogP contribution in [0.2, 0.25) is 0 Å². The lowest BCUT2D eigenvalue weighted by Gasteiger charge is -2.23. The fourth-order valence-corrected chi connectivity index (χ4v) is 2.61. The van der Waals surface area contributed by atoms with Crippen LogP contribution in [-0.2, 0) is 14.4 Å². The van der Waals surface area contributed by atoms with Crippen molar-refractivity contribution in [2.45, 2.75) is 52.0 Å². The van der Waals surface area contributed by atoms with Gasteiger partial charge in [0.25, 0.3) is 0 Å². The van der Waals surface area contributed by atoms with Crippen LogP contribution in [0, 0.1) is 5.92 Å². The molecule has 2 amide bonds. The first kappa shape index (κ1) is 16.5. The van der Waals surface area contributed by atoms with Crippen LogP contribution in [0.4, 0.5) is 0 Å². The van der Waals surface area contributed by atoms with Gasteiger partial charge in [0.05, 0.1) is 5.92 Å². The highest BCUT2D eigenvalue weighted by Crippen LogP contribution is 2.25. The van der Waals surface area contributed by atoms with Crippen molar-refractivity contribution in [3.63, 3.8) is 0 Å². The standard InChI is InChI=1S/C14H24N2O4/c1-10-12(14(19)20)7-9-16(10)13(18)6-4-3-5-8-15-11(2)17/h10,12H,3-9H2,1-2H3,(H,15,17)(H,19,20). The van der Waals surface area contributed by atoms with Crippen molar-refractivity contribution in [3.05, 3.63) is 0 Å². The van der Waals surface area contributed by atoms with Gasteiger partial charge in [-0.2, -0.15) is 0 Å². The molecule has 2 atom stereocenters. The van der Waals surface area contributed by atoms with Crippen LogP contribution in [0.1, 0.15) is 46.0 Å². The van der Waals surface area contributed by atoms with E-state index in [1.54, 1.807) is 11.8 Å². The van der Waals surface area contributed by atoms with Crippen molar-refractivity contribution in [2.75, 3.05) is 13.1 Å². The number of carboxylic acids is 1. The molecule has 6 nitrogen and oxygen atoms in total. The van der Waals surface area contributed by atoms with Crippen LogP contribution >= 0.6 is 0 Å². The lowest BCUT2D eigenvalue weighted by Crippen LogP contribution is -2.37. The number of carboxylic acid groups (broad SMARTS) is 1. The van der Waals surface area contributed by atoms with Gasteiger partial charge in [-0.15, -0.1) is 0 Å². The predicted molar refractivity (Wildman–Crippen MR) is 74.1 cm³/mol. The Kier molecular flexibility index (Phi) is 6.48. The molecule has 2 N–H and O–H groups in total. The number of nitrogens with zero attached hydrogens (tertiary/aromatic N) is 1. The number of likely N-dealkylation sites (tertiary alicyclic amines) is 1. The molecule has 0 aromatic rings. The van der Waals surface area contributed by atoms with Crippen LogP contribution in [0.25, 0.3) is 0 Å². The molecule has 1 rings (SSSR count). The van der Waals surface area contributed by atoms with E-state index in [0.717, 1.165) is 19.3 Å². The van der Waals surface area contributed by atoms with Gasteiger partial charge in [0.1, 0.15) is 0 Å². The molecule has 1 fully saturated rings. The number of aliphatic carboxylic acids is 1. The maximum Gasteiger partial charge on any atom is 0.308 e. The van der Waals surface area contributed by atoms with Gasteiger partial charge in [-0.25, -0.2) is 0 Å². The Hall–Kier alpha value is -1.59. The second kappa shape index (κ2) is 7.87. The summed E-state index contributed by atoms with van der Waals surface area (Å²) >= 11 is 0. The van der Waals surface area contributed by atoms with Gasteiger partial charge in [-0.1, -0.05) is 6.42 Å². The number of unbranched alkanes of at least 4 members (excludes halogenated alkanes) is 2. The molecule has 1 aliphatic heterocycles. The van der Waals surface area contributed by atoms with Crippen molar-refractivity contribution in [3.8, 4) is 0 Å². The topological polar surface area (TPSA) is 86.7 Å². The molecular weight excluding hydrogens is 260 g/mol. The zero-order chi connectivity index (χ0) is 15.1. The molecule has 0 saturated carbocycles. The molecule has 0 aromatic heterocycles. The highest BCUT2D eigenvalue weighted by Gasteiger charge is 2.37. The summed E-state index contributed by atoms with van der Waals surface area (Å²) in [6.45, 7) is 4.48. The fourth-order valence-electron chi connectivity index (χ4n) is 2.61. The normalized spacial score (nSPS) is 21.8. The van der Waals surface area contributed by atoms with E-state index in [1.165, 1.54) is 6.92 Å². The first-order valence-corrected chi connectivity index (χ1v) is 7.20. The molecule has 2 unspecified atom stereocenters. The fraction of sp³-hybridized carbons (Fsp3) is 0.786. The monoisotopic (exact) mass is 284 g/mol. The van der Waals surface area contributed by atoms with Gasteiger partial charge in [-0.05, 0) is 26.2 Å². The molecule has 1 saturated heterocycles. The van der Waals surface area contributed by atoms with Gasteiger partial charge >= 0.3 is 5.97 Å². The molecule has 6 heteroatoms. The van der Waals surface area contributed by atoms with E-state index >= 15 is 0 Å². The van der Waals surface area contributed by atoms with Crippen molar-refractivity contribution in [1.29, 1.82) is 0 Å². The molecule has 0 spiro atoms. The van der Waals surface area contributed by atoms with Crippen molar-refractivity contribution in [2.24, 2.45) is 5.92 Å². The van der Waals surface area contributed by atoms with E-state index < -0.39 is 11.9 Å². The van der Waals surface area contributed by atoms with Gasteiger partial charge in [0.15, 0.2) is 0 Å². The second-order valence-corrected chi connectivity index (χ2v) is 5.35. The summed E-state index contributed by atoms with van der Waals surface area (Å²) in [5.74, 6) is -1.24. The first-order chi connectivity index (χ1) is 9.43. The second-order valence-electron chi connectivity index (χ2n) is 5.35. The lowest BCUT2D eigenvalue weighted by molar-refractivity contribution is -0.143. The van der Waals surface area contributed by atoms with E-state index in [0.29, 0.717) is 25.9 Å². The molecule has 1 aliphatic rings. The summed E-state index contributed by atoms with van der Waals surface area (Å²) in [5.41, 5.74) is 0. The third kappa shape index (κ3) is 4.83. The summed E-state index contributed by atoms with van der Waals surface area (Å²) < 4.78 is 0. The zero-order valence-electron chi connectivity index (χ0n) is 12.2. The minimum absolute atomic E-state index is 0.0355. The molecule has 0 radical (unpaired) electrons. The maximum atomic E-state index is 12.0. The van der Waals surface area contributed by atoms with E-state index in [-0.39, 0.29) is 17.9 Å². The zero-order valence-corrected chi connectivity index (χ0v) is 12.2. The Balaban J connectivity index is 2.20. The maximum absolute atomic E-state index is 12.0. The summed E-state index contributed by atoms with van der Waals surface area (Å²) in [7, 11) is 0. The molecule has 0 bridgehead atoms. The summed E-state index contributed by atoms with van der Waals surface area (Å²) in [6, 6.07) is -0.209. The average Bonchev–Trinajstić information content (AvgIpc) is 2.75. The van der Waals surface area contributed by atoms with Gasteiger partial charge in [0.2, 0.25) is 11.8 Å². The number of hydrogen-bond donors (Lipinski definition) is 2. The van der Waals surface area contributed by atoms with Gasteiger partial charge in [-0.3, -0.25) is 14.4 Å². The first-order valence-electron chi connectivity index (χ1n) is 7.20. The lowest BCUT2D eigenvalue weighted by atomic mass is 10.0. The van der Waals surface area contributed by atoms with Crippen LogP contribution in [-0.4, -0.2) is 46.9 Å². The van der Waals surface area contributed by atoms with Gasteiger partial charge < -0.3 is 15.3 Å². The van der Waals surface area contributed by atoms with Crippen molar-refractivity contribution in [1.82, 2.24) is 10.2 Å². The minimum atomic E-state index is -0.817. The number of carbonyl (C=O) groups is 3. The number of amides is 2. The summed E-state index contributed by atoms with van der Waals surface area (Å²) in [4.78, 5) is 35.4. The molecule has 0 aliphatic carbocycles. The largest absolute Gasteiger partial charge is 0.481 e. The molecule has 20 heavy (non-hydrogen) atoms. The third-order valence-corrected chi connectivity index (χ3v) is 3.83. The highest BCUT2D eigenvalue weighted by atomic mass is 16.4. The number of hydrogen-bond acceptors (Lipinski definition) is 3. The van der Waals surface area contributed by atoms with Crippen LogP contribution < -0.4 is 5.32 Å². The molecule has 0 aromatic carbocycles. The average molecular weight is 284 g/mol. The number of rotatable bonds is 7. The summed E-state index contributed by atoms with van der Waals surface area (Å²) in [6.07, 6.45) is 3.53. The van der Waals surface area contributed by atoms with Gasteiger partial charge in [0, 0.05) is 32.5 Å². The predicted octanol–water partition coefficient (Wildman–Crippen LogP) is 1.00. The van der Waals surface area contributed by atoms with E-state index in [2.05, 4.69) is 5.32 Å². The Morgan fingerprint density at radius 2 is 1.95 bits per heavy atom. The van der Waals surface area contributed by atoms with E-state index in [1.807, 2.05) is 0 Å². The van der Waals surface area contributed by atoms with E-state index in [9.17, 15) is 14.4 Å².